The number of carbonyl (C=O) groups is 1. The molecule has 1 unspecified atom stereocenters. The fraction of sp³-hybridized carbons (Fsp3) is 0.438. The van der Waals surface area contributed by atoms with Gasteiger partial charge in [-0.1, -0.05) is 17.3 Å². The molecule has 0 aliphatic carbocycles. The van der Waals surface area contributed by atoms with Gasteiger partial charge in [0, 0.05) is 12.5 Å². The Kier molecular flexibility index (Phi) is 5.28. The van der Waals surface area contributed by atoms with Gasteiger partial charge in [-0.05, 0) is 12.1 Å². The summed E-state index contributed by atoms with van der Waals surface area (Å²) in [6, 6.07) is 4.81. The smallest absolute Gasteiger partial charge is 0.302 e. The number of aromatic nitrogens is 3. The average molecular weight is 366 g/mol. The molecule has 2 heterocycles. The minimum atomic E-state index is -1.28. The van der Waals surface area contributed by atoms with E-state index in [1.165, 1.54) is 36.0 Å². The van der Waals surface area contributed by atoms with Crippen molar-refractivity contribution >= 4 is 5.97 Å². The van der Waals surface area contributed by atoms with Gasteiger partial charge in [-0.3, -0.25) is 4.79 Å². The number of hydrogen-bond acceptors (Lipinski definition) is 8. The molecule has 10 heteroatoms. The van der Waals surface area contributed by atoms with E-state index in [4.69, 9.17) is 15.2 Å². The number of ether oxygens (including phenoxy) is 2. The number of esters is 1. The predicted octanol–water partition coefficient (Wildman–Crippen LogP) is -0.406. The Morgan fingerprint density at radius 3 is 2.88 bits per heavy atom. The quantitative estimate of drug-likeness (QED) is 0.622. The van der Waals surface area contributed by atoms with E-state index in [0.717, 1.165) is 0 Å². The summed E-state index contributed by atoms with van der Waals surface area (Å²) in [5.74, 6) is -0.960. The van der Waals surface area contributed by atoms with Crippen LogP contribution in [0.15, 0.2) is 30.5 Å². The van der Waals surface area contributed by atoms with Gasteiger partial charge in [0.25, 0.3) is 0 Å². The van der Waals surface area contributed by atoms with Crippen LogP contribution in [0, 0.1) is 5.82 Å². The first kappa shape index (κ1) is 18.4. The summed E-state index contributed by atoms with van der Waals surface area (Å²) in [5, 5.41) is 28.7. The Balaban J connectivity index is 1.85. The van der Waals surface area contributed by atoms with Gasteiger partial charge in [0.05, 0.1) is 6.20 Å². The molecule has 0 bridgehead atoms. The fourth-order valence-corrected chi connectivity index (χ4v) is 2.83. The van der Waals surface area contributed by atoms with Crippen LogP contribution in [0.3, 0.4) is 0 Å². The third-order valence-electron chi connectivity index (χ3n) is 4.14. The maximum absolute atomic E-state index is 13.4. The fourth-order valence-electron chi connectivity index (χ4n) is 2.83. The van der Waals surface area contributed by atoms with Crippen LogP contribution in [-0.4, -0.2) is 62.3 Å². The van der Waals surface area contributed by atoms with Gasteiger partial charge in [-0.2, -0.15) is 0 Å². The molecule has 4 N–H and O–H groups in total. The number of carbonyl (C=O) groups excluding carboxylic acids is 1. The zero-order chi connectivity index (χ0) is 18.8. The van der Waals surface area contributed by atoms with Crippen molar-refractivity contribution < 1.29 is 28.9 Å². The van der Waals surface area contributed by atoms with Crippen molar-refractivity contribution in [1.82, 2.24) is 15.0 Å². The van der Waals surface area contributed by atoms with Gasteiger partial charge in [0.1, 0.15) is 48.7 Å². The van der Waals surface area contributed by atoms with E-state index < -0.39 is 42.4 Å². The van der Waals surface area contributed by atoms with Crippen LogP contribution in [0.2, 0.25) is 0 Å². The van der Waals surface area contributed by atoms with Crippen molar-refractivity contribution in [2.24, 2.45) is 5.73 Å². The Morgan fingerprint density at radius 1 is 1.42 bits per heavy atom. The summed E-state index contributed by atoms with van der Waals surface area (Å²) < 4.78 is 24.8. The predicted molar refractivity (Wildman–Crippen MR) is 85.9 cm³/mol. The van der Waals surface area contributed by atoms with E-state index in [9.17, 15) is 19.4 Å². The van der Waals surface area contributed by atoms with Gasteiger partial charge < -0.3 is 25.4 Å². The van der Waals surface area contributed by atoms with Crippen LogP contribution in [0.1, 0.15) is 13.0 Å². The van der Waals surface area contributed by atoms with E-state index in [2.05, 4.69) is 10.3 Å². The highest BCUT2D eigenvalue weighted by Gasteiger charge is 2.45. The molecule has 1 aliphatic heterocycles. The maximum atomic E-state index is 13.4. The first-order valence-corrected chi connectivity index (χ1v) is 7.95. The first-order valence-electron chi connectivity index (χ1n) is 7.95. The van der Waals surface area contributed by atoms with Crippen LogP contribution in [0.5, 0.6) is 0 Å². The van der Waals surface area contributed by atoms with Crippen molar-refractivity contribution in [3.05, 3.63) is 36.3 Å². The first-order chi connectivity index (χ1) is 12.4. The molecule has 0 amide bonds. The summed E-state index contributed by atoms with van der Waals surface area (Å²) >= 11 is 0. The standard InChI is InChI=1S/C16H19FN4O5/c1-8(22)25-7-12-14(23)13(15(24)16(18)26-12)21-6-11(19-20-21)9-3-2-4-10(17)5-9/h2-6,12-16,23-24H,7,18H2,1H3/t12-,13+,14+,15-,16?/m1/s1. The molecule has 0 radical (unpaired) electrons. The molecule has 1 fully saturated rings. The Labute approximate surface area is 148 Å². The highest BCUT2D eigenvalue weighted by atomic mass is 19.1. The van der Waals surface area contributed by atoms with Crippen molar-refractivity contribution in [2.75, 3.05) is 6.61 Å². The number of halogens is 1. The zero-order valence-electron chi connectivity index (χ0n) is 13.9. The summed E-state index contributed by atoms with van der Waals surface area (Å²) in [6.07, 6.45) is -3.13. The second-order valence-corrected chi connectivity index (χ2v) is 6.01. The third kappa shape index (κ3) is 3.73. The average Bonchev–Trinajstić information content (AvgIpc) is 3.07. The van der Waals surface area contributed by atoms with Gasteiger partial charge >= 0.3 is 5.97 Å². The van der Waals surface area contributed by atoms with Gasteiger partial charge in [0.2, 0.25) is 0 Å². The summed E-state index contributed by atoms with van der Waals surface area (Å²) in [5.41, 5.74) is 6.62. The summed E-state index contributed by atoms with van der Waals surface area (Å²) in [6.45, 7) is 1.00. The monoisotopic (exact) mass is 366 g/mol. The molecular formula is C16H19FN4O5. The number of hydrogen-bond donors (Lipinski definition) is 3. The number of rotatable bonds is 4. The van der Waals surface area contributed by atoms with Crippen LogP contribution in [0.4, 0.5) is 4.39 Å². The number of nitrogens with two attached hydrogens (primary N) is 1. The highest BCUT2D eigenvalue weighted by Crippen LogP contribution is 2.29. The van der Waals surface area contributed by atoms with Crippen LogP contribution >= 0.6 is 0 Å². The zero-order valence-corrected chi connectivity index (χ0v) is 13.9. The number of benzene rings is 1. The minimum Gasteiger partial charge on any atom is -0.463 e. The molecule has 2 aromatic rings. The SMILES string of the molecule is CC(=O)OC[C@H]1OC(N)[C@H](O)[C@@H](n2cc(-c3cccc(F)c3)nn2)[C@H]1O. The number of aliphatic hydroxyl groups is 2. The Bertz CT molecular complexity index is 786. The van der Waals surface area contributed by atoms with Crippen LogP contribution < -0.4 is 5.73 Å². The minimum absolute atomic E-state index is 0.223. The molecule has 0 saturated carbocycles. The molecule has 3 rings (SSSR count). The van der Waals surface area contributed by atoms with Gasteiger partial charge in [-0.15, -0.1) is 5.10 Å². The van der Waals surface area contributed by atoms with Crippen molar-refractivity contribution in [2.45, 2.75) is 37.5 Å². The van der Waals surface area contributed by atoms with Crippen molar-refractivity contribution in [1.29, 1.82) is 0 Å². The molecule has 1 aromatic carbocycles. The molecule has 1 aliphatic rings. The topological polar surface area (TPSA) is 133 Å². The third-order valence-corrected chi connectivity index (χ3v) is 4.14. The molecule has 140 valence electrons. The second-order valence-electron chi connectivity index (χ2n) is 6.01. The Hall–Kier alpha value is -2.40. The molecule has 9 nitrogen and oxygen atoms in total. The lowest BCUT2D eigenvalue weighted by Crippen LogP contribution is -2.59. The maximum Gasteiger partial charge on any atom is 0.302 e. The van der Waals surface area contributed by atoms with Crippen LogP contribution in [-0.2, 0) is 14.3 Å². The van der Waals surface area contributed by atoms with Gasteiger partial charge in [-0.25, -0.2) is 9.07 Å². The molecule has 0 spiro atoms. The Morgan fingerprint density at radius 2 is 2.19 bits per heavy atom. The van der Waals surface area contributed by atoms with E-state index in [0.29, 0.717) is 11.3 Å². The van der Waals surface area contributed by atoms with E-state index in [-0.39, 0.29) is 6.61 Å². The highest BCUT2D eigenvalue weighted by molar-refractivity contribution is 5.65. The molecule has 1 aromatic heterocycles. The van der Waals surface area contributed by atoms with E-state index >= 15 is 0 Å². The lowest BCUT2D eigenvalue weighted by molar-refractivity contribution is -0.208. The molecule has 1 saturated heterocycles. The van der Waals surface area contributed by atoms with Crippen molar-refractivity contribution in [3.8, 4) is 11.3 Å². The largest absolute Gasteiger partial charge is 0.463 e. The summed E-state index contributed by atoms with van der Waals surface area (Å²) in [4.78, 5) is 11.0. The normalized spacial score (nSPS) is 28.7. The lowest BCUT2D eigenvalue weighted by atomic mass is 9.96. The number of nitrogens with zero attached hydrogens (tertiary/aromatic N) is 3. The molecular weight excluding hydrogens is 347 g/mol. The number of aliphatic hydroxyl groups excluding tert-OH is 2. The van der Waals surface area contributed by atoms with E-state index in [1.54, 1.807) is 6.07 Å². The van der Waals surface area contributed by atoms with Crippen LogP contribution in [0.25, 0.3) is 11.3 Å². The van der Waals surface area contributed by atoms with Crippen molar-refractivity contribution in [3.63, 3.8) is 0 Å². The summed E-state index contributed by atoms with van der Waals surface area (Å²) in [7, 11) is 0. The van der Waals surface area contributed by atoms with E-state index in [1.807, 2.05) is 0 Å². The van der Waals surface area contributed by atoms with Gasteiger partial charge in [0.15, 0.2) is 0 Å². The molecule has 5 atom stereocenters. The lowest BCUT2D eigenvalue weighted by Gasteiger charge is -2.40. The second kappa shape index (κ2) is 7.46. The molecule has 26 heavy (non-hydrogen) atoms.